The third-order valence-electron chi connectivity index (χ3n) is 5.67. The van der Waals surface area contributed by atoms with Crippen LogP contribution < -0.4 is 0 Å². The van der Waals surface area contributed by atoms with Crippen LogP contribution in [0.3, 0.4) is 0 Å². The molecule has 2 aliphatic rings. The third-order valence-corrected chi connectivity index (χ3v) is 5.67. The summed E-state index contributed by atoms with van der Waals surface area (Å²) in [7, 11) is 0. The molecule has 1 N–H and O–H groups in total. The zero-order valence-corrected chi connectivity index (χ0v) is 15.1. The molecule has 0 spiro atoms. The van der Waals surface area contributed by atoms with Gasteiger partial charge in [0.1, 0.15) is 0 Å². The van der Waals surface area contributed by atoms with Gasteiger partial charge in [-0.05, 0) is 56.2 Å². The van der Waals surface area contributed by atoms with Crippen LogP contribution in [0.2, 0.25) is 0 Å². The lowest BCUT2D eigenvalue weighted by atomic mass is 9.92. The molecule has 1 amide bonds. The van der Waals surface area contributed by atoms with Crippen molar-refractivity contribution in [2.24, 2.45) is 5.92 Å². The topological polar surface area (TPSA) is 40.5 Å². The smallest absolute Gasteiger partial charge is 0.376 e. The summed E-state index contributed by atoms with van der Waals surface area (Å²) in [6.07, 6.45) is 2.95. The van der Waals surface area contributed by atoms with Gasteiger partial charge in [-0.2, -0.15) is 13.2 Å². The zero-order chi connectivity index (χ0) is 18.9. The Labute approximate surface area is 152 Å². The van der Waals surface area contributed by atoms with Crippen LogP contribution in [-0.4, -0.2) is 34.7 Å². The van der Waals surface area contributed by atoms with Crippen LogP contribution in [-0.2, 0) is 5.60 Å². The van der Waals surface area contributed by atoms with Crippen molar-refractivity contribution >= 4 is 5.91 Å². The Kier molecular flexibility index (Phi) is 5.33. The second-order valence-corrected chi connectivity index (χ2v) is 7.84. The zero-order valence-electron chi connectivity index (χ0n) is 15.1. The van der Waals surface area contributed by atoms with Crippen LogP contribution in [0.15, 0.2) is 24.3 Å². The lowest BCUT2D eigenvalue weighted by molar-refractivity contribution is -0.258. The number of hydrogen-bond donors (Lipinski definition) is 1. The number of hydrogen-bond acceptors (Lipinski definition) is 2. The highest BCUT2D eigenvalue weighted by molar-refractivity contribution is 5.94. The van der Waals surface area contributed by atoms with Crippen LogP contribution in [0.4, 0.5) is 13.2 Å². The molecule has 2 aliphatic carbocycles. The second kappa shape index (κ2) is 7.22. The normalized spacial score (nSPS) is 21.3. The van der Waals surface area contributed by atoms with Gasteiger partial charge in [0.15, 0.2) is 5.60 Å². The van der Waals surface area contributed by atoms with Gasteiger partial charge in [-0.15, -0.1) is 0 Å². The number of halogens is 3. The maximum absolute atomic E-state index is 13.0. The van der Waals surface area contributed by atoms with Crippen LogP contribution >= 0.6 is 0 Å². The highest BCUT2D eigenvalue weighted by Gasteiger charge is 2.51. The van der Waals surface area contributed by atoms with E-state index in [4.69, 9.17) is 0 Å². The van der Waals surface area contributed by atoms with E-state index in [9.17, 15) is 23.1 Å². The molecule has 2 saturated carbocycles. The van der Waals surface area contributed by atoms with E-state index in [-0.39, 0.29) is 17.5 Å². The maximum Gasteiger partial charge on any atom is 0.421 e. The van der Waals surface area contributed by atoms with E-state index in [0.29, 0.717) is 11.5 Å². The van der Waals surface area contributed by atoms with Gasteiger partial charge in [-0.1, -0.05) is 31.4 Å². The number of amides is 1. The van der Waals surface area contributed by atoms with Gasteiger partial charge in [0.05, 0.1) is 0 Å². The first-order valence-corrected chi connectivity index (χ1v) is 9.41. The van der Waals surface area contributed by atoms with Crippen LogP contribution in [0.1, 0.15) is 67.8 Å². The summed E-state index contributed by atoms with van der Waals surface area (Å²) < 4.78 is 38.9. The van der Waals surface area contributed by atoms with Crippen molar-refractivity contribution < 1.29 is 23.1 Å². The summed E-state index contributed by atoms with van der Waals surface area (Å²) in [5.41, 5.74) is -2.79. The Bertz CT molecular complexity index is 629. The van der Waals surface area contributed by atoms with Gasteiger partial charge in [0.25, 0.3) is 5.91 Å². The molecule has 26 heavy (non-hydrogen) atoms. The fourth-order valence-electron chi connectivity index (χ4n) is 3.64. The lowest BCUT2D eigenvalue weighted by Gasteiger charge is -2.35. The second-order valence-electron chi connectivity index (χ2n) is 7.84. The van der Waals surface area contributed by atoms with Gasteiger partial charge in [0.2, 0.25) is 0 Å². The Morgan fingerprint density at radius 3 is 2.15 bits per heavy atom. The van der Waals surface area contributed by atoms with Gasteiger partial charge >= 0.3 is 6.18 Å². The fourth-order valence-corrected chi connectivity index (χ4v) is 3.64. The Balaban J connectivity index is 1.78. The summed E-state index contributed by atoms with van der Waals surface area (Å²) in [6, 6.07) is 5.45. The molecule has 1 aromatic rings. The highest BCUT2D eigenvalue weighted by atomic mass is 19.4. The standard InChI is InChI=1S/C20H26F3NO2/c1-19(26,20(21,22)23)16-11-9-15(10-12-16)18(25)24(13-14-7-8-14)17-5-3-2-4-6-17/h9-12,14,17,26H,2-8,13H2,1H3. The molecule has 0 bridgehead atoms. The lowest BCUT2D eigenvalue weighted by Crippen LogP contribution is -2.43. The summed E-state index contributed by atoms with van der Waals surface area (Å²) in [4.78, 5) is 14.9. The minimum Gasteiger partial charge on any atom is -0.376 e. The predicted octanol–water partition coefficient (Wildman–Crippen LogP) is 4.64. The van der Waals surface area contributed by atoms with Crippen molar-refractivity contribution in [3.8, 4) is 0 Å². The molecule has 3 nitrogen and oxygen atoms in total. The van der Waals surface area contributed by atoms with E-state index >= 15 is 0 Å². The molecule has 1 aromatic carbocycles. The first kappa shape index (κ1) is 19.2. The van der Waals surface area contributed by atoms with E-state index < -0.39 is 11.8 Å². The van der Waals surface area contributed by atoms with Crippen molar-refractivity contribution in [1.29, 1.82) is 0 Å². The highest BCUT2D eigenvalue weighted by Crippen LogP contribution is 2.38. The van der Waals surface area contributed by atoms with E-state index in [1.54, 1.807) is 0 Å². The van der Waals surface area contributed by atoms with Gasteiger partial charge in [-0.3, -0.25) is 4.79 Å². The average molecular weight is 369 g/mol. The molecule has 0 aliphatic heterocycles. The molecule has 1 unspecified atom stereocenters. The number of aliphatic hydroxyl groups is 1. The number of carbonyl (C=O) groups excluding carboxylic acids is 1. The number of carbonyl (C=O) groups is 1. The first-order valence-electron chi connectivity index (χ1n) is 9.41. The molecule has 144 valence electrons. The molecule has 1 atom stereocenters. The minimum absolute atomic E-state index is 0.109. The quantitative estimate of drug-likeness (QED) is 0.821. The van der Waals surface area contributed by atoms with Crippen molar-refractivity contribution in [2.75, 3.05) is 6.54 Å². The molecule has 0 aromatic heterocycles. The summed E-state index contributed by atoms with van der Waals surface area (Å²) in [5.74, 6) is 0.452. The fraction of sp³-hybridized carbons (Fsp3) is 0.650. The third kappa shape index (κ3) is 4.05. The van der Waals surface area contributed by atoms with Gasteiger partial charge in [-0.25, -0.2) is 0 Å². The molecule has 0 radical (unpaired) electrons. The van der Waals surface area contributed by atoms with Crippen LogP contribution in [0, 0.1) is 5.92 Å². The van der Waals surface area contributed by atoms with Gasteiger partial charge in [0, 0.05) is 18.2 Å². The van der Waals surface area contributed by atoms with E-state index in [2.05, 4.69) is 0 Å². The van der Waals surface area contributed by atoms with Crippen molar-refractivity contribution in [3.05, 3.63) is 35.4 Å². The van der Waals surface area contributed by atoms with Crippen molar-refractivity contribution in [3.63, 3.8) is 0 Å². The summed E-state index contributed by atoms with van der Waals surface area (Å²) >= 11 is 0. The monoisotopic (exact) mass is 369 g/mol. The molecular formula is C20H26F3NO2. The largest absolute Gasteiger partial charge is 0.421 e. The Morgan fingerprint density at radius 1 is 1.08 bits per heavy atom. The number of rotatable bonds is 5. The van der Waals surface area contributed by atoms with E-state index in [1.807, 2.05) is 4.90 Å². The Hall–Kier alpha value is -1.56. The number of nitrogens with zero attached hydrogens (tertiary/aromatic N) is 1. The van der Waals surface area contributed by atoms with E-state index in [0.717, 1.165) is 52.0 Å². The predicted molar refractivity (Wildman–Crippen MR) is 92.7 cm³/mol. The average Bonchev–Trinajstić information content (AvgIpc) is 3.43. The molecule has 0 heterocycles. The van der Waals surface area contributed by atoms with Crippen molar-refractivity contribution in [1.82, 2.24) is 4.90 Å². The van der Waals surface area contributed by atoms with Gasteiger partial charge < -0.3 is 10.0 Å². The molecule has 6 heteroatoms. The van der Waals surface area contributed by atoms with Crippen LogP contribution in [0.25, 0.3) is 0 Å². The van der Waals surface area contributed by atoms with Crippen molar-refractivity contribution in [2.45, 2.75) is 69.7 Å². The SMILES string of the molecule is CC(O)(c1ccc(C(=O)N(CC2CC2)C2CCCCC2)cc1)C(F)(F)F. The van der Waals surface area contributed by atoms with E-state index in [1.165, 1.54) is 30.7 Å². The maximum atomic E-state index is 13.0. The minimum atomic E-state index is -4.77. The summed E-state index contributed by atoms with van der Waals surface area (Å²) in [5, 5.41) is 9.77. The molecule has 3 rings (SSSR count). The molecule has 0 saturated heterocycles. The number of benzene rings is 1. The number of alkyl halides is 3. The molecular weight excluding hydrogens is 343 g/mol. The van der Waals surface area contributed by atoms with Crippen LogP contribution in [0.5, 0.6) is 0 Å². The first-order chi connectivity index (χ1) is 12.2. The summed E-state index contributed by atoms with van der Waals surface area (Å²) in [6.45, 7) is 1.47. The molecule has 2 fully saturated rings. The Morgan fingerprint density at radius 2 is 1.65 bits per heavy atom.